The maximum absolute atomic E-state index is 12.8. The SMILES string of the molecule is CC(C)C1CCC2C1(C)CCC1(C)C3CC=C4C(CCC(=O)C4(C)C)C3(C)CCC21C. The fraction of sp³-hybridized carbons (Fsp3) is 0.900. The molecule has 31 heavy (non-hydrogen) atoms. The number of allylic oxidation sites excluding steroid dienone is 2. The summed E-state index contributed by atoms with van der Waals surface area (Å²) in [5.74, 6) is 4.50. The fourth-order valence-corrected chi connectivity index (χ4v) is 11.1. The molecule has 0 radical (unpaired) electrons. The number of Topliss-reactive ketones (excluding diaryl/α,β-unsaturated/α-hetero) is 1. The number of fused-ring (bicyclic) bond motifs is 7. The van der Waals surface area contributed by atoms with E-state index >= 15 is 0 Å². The van der Waals surface area contributed by atoms with Gasteiger partial charge in [0.25, 0.3) is 0 Å². The van der Waals surface area contributed by atoms with E-state index in [1.807, 2.05) is 0 Å². The summed E-state index contributed by atoms with van der Waals surface area (Å²) in [5.41, 5.74) is 3.10. The van der Waals surface area contributed by atoms with Gasteiger partial charge in [-0.05, 0) is 116 Å². The molecule has 0 bridgehead atoms. The van der Waals surface area contributed by atoms with Crippen molar-refractivity contribution < 1.29 is 4.79 Å². The number of hydrogen-bond acceptors (Lipinski definition) is 1. The standard InChI is InChI=1S/C30H48O/c1-19(2)20-9-12-23-27(20,5)15-17-30(8)24-13-10-21-22(11-14-25(31)26(21,3)4)28(24,6)16-18-29(23,30)7/h10,19-20,22-24H,9,11-18H2,1-8H3. The van der Waals surface area contributed by atoms with E-state index in [2.05, 4.69) is 61.5 Å². The molecule has 0 amide bonds. The van der Waals surface area contributed by atoms with E-state index in [0.29, 0.717) is 33.4 Å². The minimum Gasteiger partial charge on any atom is -0.299 e. The molecule has 1 nitrogen and oxygen atoms in total. The Morgan fingerprint density at radius 2 is 1.42 bits per heavy atom. The lowest BCUT2D eigenvalue weighted by Gasteiger charge is -2.71. The summed E-state index contributed by atoms with van der Waals surface area (Å²) in [7, 11) is 0. The Bertz CT molecular complexity index is 818. The molecule has 5 aliphatic rings. The number of carbonyl (C=O) groups excluding carboxylic acids is 1. The van der Waals surface area contributed by atoms with E-state index in [0.717, 1.165) is 36.5 Å². The van der Waals surface area contributed by atoms with Gasteiger partial charge in [0.1, 0.15) is 5.78 Å². The molecule has 0 aliphatic heterocycles. The molecule has 0 spiro atoms. The molecular formula is C30H48O. The minimum absolute atomic E-state index is 0.236. The van der Waals surface area contributed by atoms with Gasteiger partial charge < -0.3 is 0 Å². The molecular weight excluding hydrogens is 376 g/mol. The van der Waals surface area contributed by atoms with Crippen LogP contribution in [0.4, 0.5) is 0 Å². The van der Waals surface area contributed by atoms with Crippen LogP contribution in [0.25, 0.3) is 0 Å². The van der Waals surface area contributed by atoms with E-state index in [-0.39, 0.29) is 5.41 Å². The summed E-state index contributed by atoms with van der Waals surface area (Å²) in [6.07, 6.45) is 14.2. The maximum Gasteiger partial charge on any atom is 0.142 e. The smallest absolute Gasteiger partial charge is 0.142 e. The zero-order valence-electron chi connectivity index (χ0n) is 21.7. The highest BCUT2D eigenvalue weighted by Gasteiger charge is 2.70. The van der Waals surface area contributed by atoms with E-state index in [1.165, 1.54) is 50.5 Å². The first kappa shape index (κ1) is 22.2. The van der Waals surface area contributed by atoms with E-state index < -0.39 is 0 Å². The second-order valence-electron chi connectivity index (χ2n) is 14.4. The average molecular weight is 425 g/mol. The van der Waals surface area contributed by atoms with Gasteiger partial charge in [-0.3, -0.25) is 4.79 Å². The number of carbonyl (C=O) groups is 1. The highest BCUT2D eigenvalue weighted by atomic mass is 16.1. The lowest BCUT2D eigenvalue weighted by atomic mass is 9.33. The summed E-state index contributed by atoms with van der Waals surface area (Å²) in [4.78, 5) is 12.8. The molecule has 0 aromatic heterocycles. The third-order valence-corrected chi connectivity index (χ3v) is 13.0. The summed E-state index contributed by atoms with van der Waals surface area (Å²) in [6.45, 7) is 20.1. The zero-order chi connectivity index (χ0) is 22.6. The van der Waals surface area contributed by atoms with Crippen LogP contribution in [0.2, 0.25) is 0 Å². The Hall–Kier alpha value is -0.590. The number of rotatable bonds is 1. The first-order valence-corrected chi connectivity index (χ1v) is 13.6. The van der Waals surface area contributed by atoms with Crippen molar-refractivity contribution in [2.24, 2.45) is 56.7 Å². The number of hydrogen-bond donors (Lipinski definition) is 0. The van der Waals surface area contributed by atoms with Gasteiger partial charge in [-0.1, -0.05) is 53.2 Å². The highest BCUT2D eigenvalue weighted by molar-refractivity contribution is 5.88. The Kier molecular flexibility index (Phi) is 4.66. The van der Waals surface area contributed by atoms with Crippen LogP contribution in [-0.4, -0.2) is 5.78 Å². The molecule has 5 aliphatic carbocycles. The lowest BCUT2D eigenvalue weighted by Crippen LogP contribution is -2.64. The Morgan fingerprint density at radius 1 is 0.806 bits per heavy atom. The molecule has 8 atom stereocenters. The van der Waals surface area contributed by atoms with Crippen molar-refractivity contribution in [3.8, 4) is 0 Å². The second kappa shape index (κ2) is 6.50. The largest absolute Gasteiger partial charge is 0.299 e. The van der Waals surface area contributed by atoms with Crippen molar-refractivity contribution in [2.45, 2.75) is 113 Å². The van der Waals surface area contributed by atoms with Gasteiger partial charge in [0.05, 0.1) is 0 Å². The molecule has 174 valence electrons. The van der Waals surface area contributed by atoms with E-state index in [1.54, 1.807) is 0 Å². The van der Waals surface area contributed by atoms with Gasteiger partial charge in [-0.2, -0.15) is 0 Å². The van der Waals surface area contributed by atoms with Crippen LogP contribution in [-0.2, 0) is 4.79 Å². The van der Waals surface area contributed by atoms with Crippen LogP contribution in [0.5, 0.6) is 0 Å². The van der Waals surface area contributed by atoms with Gasteiger partial charge in [0.2, 0.25) is 0 Å². The summed E-state index contributed by atoms with van der Waals surface area (Å²) in [6, 6.07) is 0. The first-order valence-electron chi connectivity index (χ1n) is 13.6. The predicted octanol–water partition coefficient (Wildman–Crippen LogP) is 8.23. The third kappa shape index (κ3) is 2.53. The maximum atomic E-state index is 12.8. The van der Waals surface area contributed by atoms with Crippen LogP contribution in [0.3, 0.4) is 0 Å². The molecule has 1 heteroatoms. The van der Waals surface area contributed by atoms with Crippen LogP contribution in [0.1, 0.15) is 113 Å². The molecule has 0 aromatic carbocycles. The topological polar surface area (TPSA) is 17.1 Å². The van der Waals surface area contributed by atoms with Gasteiger partial charge in [-0.25, -0.2) is 0 Å². The van der Waals surface area contributed by atoms with Crippen molar-refractivity contribution in [1.82, 2.24) is 0 Å². The average Bonchev–Trinajstić information content (AvgIpc) is 3.05. The van der Waals surface area contributed by atoms with Crippen LogP contribution in [0.15, 0.2) is 11.6 Å². The van der Waals surface area contributed by atoms with Crippen LogP contribution < -0.4 is 0 Å². The summed E-state index contributed by atoms with van der Waals surface area (Å²) in [5, 5.41) is 0. The van der Waals surface area contributed by atoms with E-state index in [4.69, 9.17) is 0 Å². The van der Waals surface area contributed by atoms with Gasteiger partial charge in [-0.15, -0.1) is 0 Å². The molecule has 0 aromatic rings. The zero-order valence-corrected chi connectivity index (χ0v) is 21.7. The molecule has 0 N–H and O–H groups in total. The van der Waals surface area contributed by atoms with Crippen molar-refractivity contribution >= 4 is 5.78 Å². The van der Waals surface area contributed by atoms with Crippen molar-refractivity contribution in [3.05, 3.63) is 11.6 Å². The van der Waals surface area contributed by atoms with Crippen molar-refractivity contribution in [3.63, 3.8) is 0 Å². The molecule has 0 heterocycles. The van der Waals surface area contributed by atoms with Gasteiger partial charge >= 0.3 is 0 Å². The minimum atomic E-state index is -0.236. The fourth-order valence-electron chi connectivity index (χ4n) is 11.1. The predicted molar refractivity (Wildman–Crippen MR) is 130 cm³/mol. The molecule has 8 unspecified atom stereocenters. The Labute approximate surface area is 192 Å². The third-order valence-electron chi connectivity index (χ3n) is 13.0. The highest BCUT2D eigenvalue weighted by Crippen LogP contribution is 2.77. The molecule has 0 saturated heterocycles. The Morgan fingerprint density at radius 3 is 2.06 bits per heavy atom. The molecule has 5 rings (SSSR count). The Balaban J connectivity index is 1.55. The summed E-state index contributed by atoms with van der Waals surface area (Å²) >= 11 is 0. The molecule has 4 saturated carbocycles. The van der Waals surface area contributed by atoms with Crippen LogP contribution >= 0.6 is 0 Å². The quantitative estimate of drug-likeness (QED) is 0.387. The number of ketones is 1. The second-order valence-corrected chi connectivity index (χ2v) is 14.4. The van der Waals surface area contributed by atoms with Gasteiger partial charge in [0.15, 0.2) is 0 Å². The van der Waals surface area contributed by atoms with E-state index in [9.17, 15) is 4.79 Å². The van der Waals surface area contributed by atoms with Gasteiger partial charge in [0, 0.05) is 11.8 Å². The van der Waals surface area contributed by atoms with Crippen molar-refractivity contribution in [2.75, 3.05) is 0 Å². The summed E-state index contributed by atoms with van der Waals surface area (Å²) < 4.78 is 0. The molecule has 4 fully saturated rings. The normalized spacial score (nSPS) is 53.3. The van der Waals surface area contributed by atoms with Crippen LogP contribution in [0, 0.1) is 56.7 Å². The van der Waals surface area contributed by atoms with Crippen molar-refractivity contribution in [1.29, 1.82) is 0 Å². The monoisotopic (exact) mass is 424 g/mol. The lowest BCUT2D eigenvalue weighted by molar-refractivity contribution is -0.212. The first-order chi connectivity index (χ1) is 14.3.